The molecule has 0 aliphatic heterocycles. The van der Waals surface area contributed by atoms with Gasteiger partial charge in [0.1, 0.15) is 12.3 Å². The highest BCUT2D eigenvalue weighted by Crippen LogP contribution is 2.06. The van der Waals surface area contributed by atoms with E-state index in [9.17, 15) is 4.79 Å². The first kappa shape index (κ1) is 17.1. The molecular weight excluding hydrogens is 328 g/mol. The molecule has 0 bridgehead atoms. The predicted octanol–water partition coefficient (Wildman–Crippen LogP) is 2.95. The molecule has 1 aromatic heterocycles. The zero-order valence-corrected chi connectivity index (χ0v) is 13.9. The van der Waals surface area contributed by atoms with Crippen molar-refractivity contribution in [3.05, 3.63) is 89.3 Å². The van der Waals surface area contributed by atoms with E-state index >= 15 is 0 Å². The molecule has 2 aromatic carbocycles. The number of nitrogens with zero attached hydrogens (tertiary/aromatic N) is 4. The summed E-state index contributed by atoms with van der Waals surface area (Å²) in [6, 6.07) is 18.8. The number of carbonyl (C=O) groups is 1. The second-order valence-corrected chi connectivity index (χ2v) is 5.58. The smallest absolute Gasteiger partial charge is 0.331 e. The fraction of sp³-hybridized carbons (Fsp3) is 0.100. The summed E-state index contributed by atoms with van der Waals surface area (Å²) in [6.07, 6.45) is 4.65. The van der Waals surface area contributed by atoms with Crippen LogP contribution in [0.2, 0.25) is 0 Å². The summed E-state index contributed by atoms with van der Waals surface area (Å²) in [4.78, 5) is 11.8. The lowest BCUT2D eigenvalue weighted by atomic mass is 10.2. The molecule has 0 amide bonds. The van der Waals surface area contributed by atoms with Crippen molar-refractivity contribution in [1.29, 1.82) is 5.26 Å². The van der Waals surface area contributed by atoms with E-state index in [0.717, 1.165) is 11.1 Å². The van der Waals surface area contributed by atoms with Gasteiger partial charge in [-0.15, -0.1) is 5.10 Å². The van der Waals surface area contributed by atoms with Crippen molar-refractivity contribution in [2.75, 3.05) is 0 Å². The van der Waals surface area contributed by atoms with Gasteiger partial charge in [-0.25, -0.2) is 9.48 Å². The first-order chi connectivity index (χ1) is 12.7. The van der Waals surface area contributed by atoms with E-state index in [4.69, 9.17) is 10.00 Å². The maximum absolute atomic E-state index is 11.8. The van der Waals surface area contributed by atoms with Crippen LogP contribution in [0.15, 0.2) is 66.9 Å². The average molecular weight is 344 g/mol. The minimum Gasteiger partial charge on any atom is -0.458 e. The number of aromatic nitrogens is 3. The second-order valence-electron chi connectivity index (χ2n) is 5.58. The molecule has 3 aromatic rings. The van der Waals surface area contributed by atoms with Crippen molar-refractivity contribution in [2.45, 2.75) is 13.2 Å². The van der Waals surface area contributed by atoms with Gasteiger partial charge >= 0.3 is 5.97 Å². The molecule has 0 atom stereocenters. The van der Waals surface area contributed by atoms with Gasteiger partial charge in [-0.05, 0) is 29.3 Å². The van der Waals surface area contributed by atoms with Crippen LogP contribution in [-0.2, 0) is 22.7 Å². The van der Waals surface area contributed by atoms with Crippen LogP contribution >= 0.6 is 0 Å². The summed E-state index contributed by atoms with van der Waals surface area (Å²) in [5, 5.41) is 16.8. The van der Waals surface area contributed by atoms with Crippen LogP contribution in [0.1, 0.15) is 22.4 Å². The number of ether oxygens (including phenoxy) is 1. The van der Waals surface area contributed by atoms with Gasteiger partial charge in [-0.3, -0.25) is 0 Å². The quantitative estimate of drug-likeness (QED) is 0.507. The predicted molar refractivity (Wildman–Crippen MR) is 95.6 cm³/mol. The van der Waals surface area contributed by atoms with Crippen LogP contribution in [0.4, 0.5) is 0 Å². The minimum absolute atomic E-state index is 0.148. The molecule has 0 spiro atoms. The van der Waals surface area contributed by atoms with Crippen molar-refractivity contribution in [1.82, 2.24) is 15.0 Å². The fourth-order valence-corrected chi connectivity index (χ4v) is 2.27. The highest BCUT2D eigenvalue weighted by Gasteiger charge is 2.02. The van der Waals surface area contributed by atoms with Crippen molar-refractivity contribution in [3.8, 4) is 6.07 Å². The molecule has 3 rings (SSSR count). The van der Waals surface area contributed by atoms with Gasteiger partial charge in [-0.1, -0.05) is 47.7 Å². The van der Waals surface area contributed by atoms with Gasteiger partial charge in [0.25, 0.3) is 0 Å². The molecule has 0 aliphatic carbocycles. The Morgan fingerprint density at radius 1 is 1.12 bits per heavy atom. The number of benzene rings is 2. The van der Waals surface area contributed by atoms with Gasteiger partial charge in [0.15, 0.2) is 0 Å². The van der Waals surface area contributed by atoms with Gasteiger partial charge in [-0.2, -0.15) is 5.26 Å². The summed E-state index contributed by atoms with van der Waals surface area (Å²) < 4.78 is 6.87. The van der Waals surface area contributed by atoms with Gasteiger partial charge in [0, 0.05) is 6.08 Å². The summed E-state index contributed by atoms with van der Waals surface area (Å²) >= 11 is 0. The van der Waals surface area contributed by atoms with Crippen LogP contribution in [0.3, 0.4) is 0 Å². The van der Waals surface area contributed by atoms with Crippen molar-refractivity contribution < 1.29 is 9.53 Å². The maximum Gasteiger partial charge on any atom is 0.331 e. The summed E-state index contributed by atoms with van der Waals surface area (Å²) in [7, 11) is 0. The molecule has 0 saturated heterocycles. The Morgan fingerprint density at radius 3 is 2.62 bits per heavy atom. The van der Waals surface area contributed by atoms with Crippen LogP contribution in [-0.4, -0.2) is 21.0 Å². The Kier molecular flexibility index (Phi) is 5.53. The molecule has 1 heterocycles. The monoisotopic (exact) mass is 344 g/mol. The van der Waals surface area contributed by atoms with E-state index in [2.05, 4.69) is 10.3 Å². The number of hydrogen-bond donors (Lipinski definition) is 0. The van der Waals surface area contributed by atoms with E-state index < -0.39 is 5.97 Å². The van der Waals surface area contributed by atoms with Gasteiger partial charge < -0.3 is 4.74 Å². The molecule has 128 valence electrons. The number of hydrogen-bond acceptors (Lipinski definition) is 5. The highest BCUT2D eigenvalue weighted by molar-refractivity contribution is 5.86. The fourth-order valence-electron chi connectivity index (χ4n) is 2.27. The summed E-state index contributed by atoms with van der Waals surface area (Å²) in [5.41, 5.74) is 3.09. The van der Waals surface area contributed by atoms with Crippen molar-refractivity contribution >= 4 is 12.0 Å². The van der Waals surface area contributed by atoms with Crippen molar-refractivity contribution in [2.24, 2.45) is 0 Å². The first-order valence-electron chi connectivity index (χ1n) is 8.01. The Labute approximate surface area is 151 Å². The third kappa shape index (κ3) is 4.89. The lowest BCUT2D eigenvalue weighted by Gasteiger charge is -2.01. The molecule has 6 nitrogen and oxygen atoms in total. The molecular formula is C20H16N4O2. The third-order valence-corrected chi connectivity index (χ3v) is 3.60. The zero-order chi connectivity index (χ0) is 18.2. The molecule has 0 fully saturated rings. The summed E-state index contributed by atoms with van der Waals surface area (Å²) in [6.45, 7) is 0.764. The molecule has 26 heavy (non-hydrogen) atoms. The largest absolute Gasteiger partial charge is 0.458 e. The second kappa shape index (κ2) is 8.40. The lowest BCUT2D eigenvalue weighted by molar-refractivity contribution is -0.138. The lowest BCUT2D eigenvalue weighted by Crippen LogP contribution is -2.00. The molecule has 0 radical (unpaired) electrons. The topological polar surface area (TPSA) is 80.8 Å². The van der Waals surface area contributed by atoms with E-state index in [1.54, 1.807) is 41.2 Å². The maximum atomic E-state index is 11.8. The molecule has 6 heteroatoms. The van der Waals surface area contributed by atoms with E-state index in [-0.39, 0.29) is 6.61 Å². The SMILES string of the molecule is N#Cc1ccc(COC(=O)/C=C/c2cn(Cc3ccccc3)nn2)cc1. The molecule has 0 N–H and O–H groups in total. The number of nitriles is 1. The van der Waals surface area contributed by atoms with Crippen LogP contribution < -0.4 is 0 Å². The van der Waals surface area contributed by atoms with Gasteiger partial charge in [0.2, 0.25) is 0 Å². The van der Waals surface area contributed by atoms with Gasteiger partial charge in [0.05, 0.1) is 24.4 Å². The molecule has 0 aliphatic rings. The van der Waals surface area contributed by atoms with Crippen LogP contribution in [0.5, 0.6) is 0 Å². The Balaban J connectivity index is 1.51. The van der Waals surface area contributed by atoms with Crippen molar-refractivity contribution in [3.63, 3.8) is 0 Å². The third-order valence-electron chi connectivity index (χ3n) is 3.60. The van der Waals surface area contributed by atoms with Crippen LogP contribution in [0.25, 0.3) is 6.08 Å². The van der Waals surface area contributed by atoms with E-state index in [1.807, 2.05) is 36.4 Å². The molecule has 0 saturated carbocycles. The average Bonchev–Trinajstić information content (AvgIpc) is 3.13. The number of carbonyl (C=O) groups excluding carboxylic acids is 1. The number of rotatable bonds is 6. The Morgan fingerprint density at radius 2 is 1.88 bits per heavy atom. The molecule has 0 unspecified atom stereocenters. The minimum atomic E-state index is -0.466. The normalized spacial score (nSPS) is 10.6. The summed E-state index contributed by atoms with van der Waals surface area (Å²) in [5.74, 6) is -0.466. The first-order valence-corrected chi connectivity index (χ1v) is 8.01. The van der Waals surface area contributed by atoms with Crippen LogP contribution in [0, 0.1) is 11.3 Å². The Bertz CT molecular complexity index is 938. The Hall–Kier alpha value is -3.72. The zero-order valence-electron chi connectivity index (χ0n) is 13.9. The standard InChI is InChI=1S/C20H16N4O2/c21-12-16-6-8-18(9-7-16)15-26-20(25)11-10-19-14-24(23-22-19)13-17-4-2-1-3-5-17/h1-11,14H,13,15H2/b11-10+. The highest BCUT2D eigenvalue weighted by atomic mass is 16.5. The number of esters is 1. The van der Waals surface area contributed by atoms with E-state index in [0.29, 0.717) is 17.8 Å². The van der Waals surface area contributed by atoms with E-state index in [1.165, 1.54) is 6.08 Å².